The van der Waals surface area contributed by atoms with Crippen LogP contribution in [0.25, 0.3) is 11.1 Å². The van der Waals surface area contributed by atoms with Gasteiger partial charge in [0.1, 0.15) is 0 Å². The highest BCUT2D eigenvalue weighted by Gasteiger charge is 2.49. The number of morpholine rings is 1. The number of hydrogen-bond acceptors (Lipinski definition) is 5. The first kappa shape index (κ1) is 23.5. The first-order valence-corrected chi connectivity index (χ1v) is 12.8. The number of nitrogens with zero attached hydrogens (tertiary/aromatic N) is 3. The lowest BCUT2D eigenvalue weighted by atomic mass is 9.74. The number of rotatable bonds is 5. The highest BCUT2D eigenvalue weighted by atomic mass is 16.5. The third kappa shape index (κ3) is 4.78. The topological polar surface area (TPSA) is 56.2 Å². The predicted molar refractivity (Wildman–Crippen MR) is 134 cm³/mol. The highest BCUT2D eigenvalue weighted by molar-refractivity contribution is 5.78. The summed E-state index contributed by atoms with van der Waals surface area (Å²) in [4.78, 5) is 19.9. The van der Waals surface area contributed by atoms with Gasteiger partial charge in [0.15, 0.2) is 0 Å². The number of aliphatic hydroxyl groups excluding tert-OH is 1. The van der Waals surface area contributed by atoms with Crippen LogP contribution in [0.4, 0.5) is 0 Å². The summed E-state index contributed by atoms with van der Waals surface area (Å²) in [5, 5.41) is 10.2. The van der Waals surface area contributed by atoms with Crippen LogP contribution in [0.1, 0.15) is 29.9 Å². The number of carbonyl (C=O) groups excluding carboxylic acids is 1. The Bertz CT molecular complexity index is 973. The summed E-state index contributed by atoms with van der Waals surface area (Å²) < 4.78 is 5.44. The molecule has 3 heterocycles. The average molecular weight is 464 g/mol. The molecule has 3 atom stereocenters. The van der Waals surface area contributed by atoms with E-state index in [4.69, 9.17) is 4.74 Å². The molecule has 1 amide bonds. The number of aryl methyl sites for hydroxylation is 1. The molecule has 0 unspecified atom stereocenters. The fraction of sp³-hybridized carbons (Fsp3) is 0.536. The van der Waals surface area contributed by atoms with Crippen LogP contribution >= 0.6 is 0 Å². The van der Waals surface area contributed by atoms with Gasteiger partial charge in [-0.15, -0.1) is 0 Å². The van der Waals surface area contributed by atoms with E-state index in [1.165, 1.54) is 22.3 Å². The lowest BCUT2D eigenvalue weighted by Gasteiger charge is -2.57. The van der Waals surface area contributed by atoms with Crippen molar-refractivity contribution in [3.63, 3.8) is 0 Å². The fourth-order valence-corrected chi connectivity index (χ4v) is 6.00. The van der Waals surface area contributed by atoms with Gasteiger partial charge in [0.25, 0.3) is 0 Å². The maximum Gasteiger partial charge on any atom is 0.236 e. The van der Waals surface area contributed by atoms with Crippen molar-refractivity contribution >= 4 is 5.91 Å². The zero-order valence-electron chi connectivity index (χ0n) is 20.2. The molecule has 6 nitrogen and oxygen atoms in total. The minimum Gasteiger partial charge on any atom is -0.395 e. The first-order valence-electron chi connectivity index (χ1n) is 12.8. The molecule has 0 radical (unpaired) electrons. The van der Waals surface area contributed by atoms with Gasteiger partial charge in [-0.3, -0.25) is 14.6 Å². The molecule has 3 aliphatic rings. The standard InChI is InChI=1S/C28H37N3O3/c1-21-6-2-3-7-24(21)22-8-10-23(11-9-22)28-25-18-30(12-4-5-13-31(25)26(28)20-32)27(33)19-29-14-16-34-17-15-29/h2-3,6-11,25-26,28,32H,4-5,12-20H2,1H3/t25-,26-,28-/m1/s1. The van der Waals surface area contributed by atoms with Gasteiger partial charge >= 0.3 is 0 Å². The molecule has 3 saturated heterocycles. The van der Waals surface area contributed by atoms with Crippen molar-refractivity contribution in [1.29, 1.82) is 0 Å². The van der Waals surface area contributed by atoms with Crippen molar-refractivity contribution in [1.82, 2.24) is 14.7 Å². The Balaban J connectivity index is 1.33. The van der Waals surface area contributed by atoms with Crippen LogP contribution < -0.4 is 0 Å². The van der Waals surface area contributed by atoms with Gasteiger partial charge in [-0.1, -0.05) is 48.5 Å². The van der Waals surface area contributed by atoms with Gasteiger partial charge < -0.3 is 14.7 Å². The van der Waals surface area contributed by atoms with Gasteiger partial charge in [0, 0.05) is 44.2 Å². The van der Waals surface area contributed by atoms with Crippen molar-refractivity contribution in [2.45, 2.75) is 37.8 Å². The molecule has 3 aliphatic heterocycles. The minimum atomic E-state index is 0.128. The van der Waals surface area contributed by atoms with E-state index in [-0.39, 0.29) is 30.5 Å². The zero-order chi connectivity index (χ0) is 23.5. The summed E-state index contributed by atoms with van der Waals surface area (Å²) >= 11 is 0. The highest BCUT2D eigenvalue weighted by Crippen LogP contribution is 2.42. The second-order valence-electron chi connectivity index (χ2n) is 9.95. The maximum atomic E-state index is 13.2. The third-order valence-corrected chi connectivity index (χ3v) is 7.94. The van der Waals surface area contributed by atoms with Gasteiger partial charge in [0.05, 0.1) is 26.4 Å². The van der Waals surface area contributed by atoms with Crippen molar-refractivity contribution in [2.75, 3.05) is 59.1 Å². The molecular formula is C28H37N3O3. The molecule has 2 aromatic carbocycles. The van der Waals surface area contributed by atoms with Crippen LogP contribution in [-0.2, 0) is 9.53 Å². The largest absolute Gasteiger partial charge is 0.395 e. The molecule has 3 fully saturated rings. The van der Waals surface area contributed by atoms with Crippen LogP contribution in [0.3, 0.4) is 0 Å². The molecule has 5 rings (SSSR count). The Labute approximate surface area is 203 Å². The summed E-state index contributed by atoms with van der Waals surface area (Å²) in [5.74, 6) is 0.470. The first-order chi connectivity index (χ1) is 16.7. The van der Waals surface area contributed by atoms with Crippen LogP contribution in [-0.4, -0.2) is 96.9 Å². The lowest BCUT2D eigenvalue weighted by molar-refractivity contribution is -0.138. The van der Waals surface area contributed by atoms with Crippen molar-refractivity contribution in [2.24, 2.45) is 0 Å². The van der Waals surface area contributed by atoms with Crippen molar-refractivity contribution < 1.29 is 14.6 Å². The maximum absolute atomic E-state index is 13.2. The van der Waals surface area contributed by atoms with Gasteiger partial charge in [-0.25, -0.2) is 0 Å². The average Bonchev–Trinajstić information content (AvgIpc) is 2.84. The summed E-state index contributed by atoms with van der Waals surface area (Å²) in [5.41, 5.74) is 5.01. The van der Waals surface area contributed by atoms with Gasteiger partial charge in [-0.2, -0.15) is 0 Å². The molecule has 182 valence electrons. The summed E-state index contributed by atoms with van der Waals surface area (Å²) in [6.45, 7) is 8.43. The Morgan fingerprint density at radius 1 is 1.00 bits per heavy atom. The number of hydrogen-bond donors (Lipinski definition) is 1. The number of benzene rings is 2. The van der Waals surface area contributed by atoms with E-state index >= 15 is 0 Å². The van der Waals surface area contributed by atoms with Crippen molar-refractivity contribution in [3.8, 4) is 11.1 Å². The molecule has 1 N–H and O–H groups in total. The Morgan fingerprint density at radius 2 is 1.74 bits per heavy atom. The molecule has 0 saturated carbocycles. The Morgan fingerprint density at radius 3 is 2.47 bits per heavy atom. The van der Waals surface area contributed by atoms with E-state index in [9.17, 15) is 9.90 Å². The van der Waals surface area contributed by atoms with E-state index in [2.05, 4.69) is 70.2 Å². The minimum absolute atomic E-state index is 0.128. The summed E-state index contributed by atoms with van der Waals surface area (Å²) in [7, 11) is 0. The van der Waals surface area contributed by atoms with Crippen molar-refractivity contribution in [3.05, 3.63) is 59.7 Å². The smallest absolute Gasteiger partial charge is 0.236 e. The SMILES string of the molecule is Cc1ccccc1-c1ccc([C@H]2[C@@H](CO)N3CCCCN(C(=O)CN4CCOCC4)C[C@H]23)cc1. The molecule has 0 spiro atoms. The molecule has 2 aromatic rings. The lowest BCUT2D eigenvalue weighted by Crippen LogP contribution is -2.68. The zero-order valence-corrected chi connectivity index (χ0v) is 20.2. The number of aliphatic hydroxyl groups is 1. The Kier molecular flexibility index (Phi) is 7.30. The van der Waals surface area contributed by atoms with E-state index in [0.29, 0.717) is 19.8 Å². The van der Waals surface area contributed by atoms with Gasteiger partial charge in [0.2, 0.25) is 5.91 Å². The number of carbonyl (C=O) groups is 1. The monoisotopic (exact) mass is 463 g/mol. The van der Waals surface area contributed by atoms with E-state index in [0.717, 1.165) is 45.6 Å². The second-order valence-corrected chi connectivity index (χ2v) is 9.95. The number of ether oxygens (including phenoxy) is 1. The quantitative estimate of drug-likeness (QED) is 0.739. The number of fused-ring (bicyclic) bond motifs is 1. The van der Waals surface area contributed by atoms with Crippen LogP contribution in [0.2, 0.25) is 0 Å². The fourth-order valence-electron chi connectivity index (χ4n) is 6.00. The summed E-state index contributed by atoms with van der Waals surface area (Å²) in [6.07, 6.45) is 2.08. The molecule has 0 aromatic heterocycles. The van der Waals surface area contributed by atoms with E-state index in [1.807, 2.05) is 0 Å². The van der Waals surface area contributed by atoms with E-state index < -0.39 is 0 Å². The molecule has 34 heavy (non-hydrogen) atoms. The van der Waals surface area contributed by atoms with Crippen LogP contribution in [0, 0.1) is 6.92 Å². The number of amides is 1. The van der Waals surface area contributed by atoms with Crippen LogP contribution in [0.5, 0.6) is 0 Å². The predicted octanol–water partition coefficient (Wildman–Crippen LogP) is 2.75. The second kappa shape index (κ2) is 10.6. The third-order valence-electron chi connectivity index (χ3n) is 7.94. The molecule has 0 bridgehead atoms. The molecular weight excluding hydrogens is 426 g/mol. The Hall–Kier alpha value is -2.25. The molecule has 6 heteroatoms. The molecule has 0 aliphatic carbocycles. The van der Waals surface area contributed by atoms with Gasteiger partial charge in [-0.05, 0) is 48.6 Å². The summed E-state index contributed by atoms with van der Waals surface area (Å²) in [6, 6.07) is 17.7. The van der Waals surface area contributed by atoms with E-state index in [1.54, 1.807) is 0 Å². The normalized spacial score (nSPS) is 26.3. The van der Waals surface area contributed by atoms with Crippen LogP contribution in [0.15, 0.2) is 48.5 Å².